The van der Waals surface area contributed by atoms with Crippen LogP contribution in [0, 0.1) is 17.7 Å². The number of carbonyl (C=O) groups is 3. The molecule has 8 heteroatoms. The van der Waals surface area contributed by atoms with Gasteiger partial charge in [0.25, 0.3) is 0 Å². The van der Waals surface area contributed by atoms with E-state index < -0.39 is 0 Å². The summed E-state index contributed by atoms with van der Waals surface area (Å²) in [5.41, 5.74) is 2.32. The predicted octanol–water partition coefficient (Wildman–Crippen LogP) is 3.17. The third-order valence-corrected chi connectivity index (χ3v) is 6.60. The second-order valence-corrected chi connectivity index (χ2v) is 8.78. The van der Waals surface area contributed by atoms with Crippen molar-refractivity contribution in [1.29, 1.82) is 0 Å². The van der Waals surface area contributed by atoms with Crippen LogP contribution in [-0.4, -0.2) is 57.9 Å². The first kappa shape index (κ1) is 22.2. The Morgan fingerprint density at radius 2 is 1.91 bits per heavy atom. The molecule has 1 saturated carbocycles. The summed E-state index contributed by atoms with van der Waals surface area (Å²) in [5.74, 6) is -0.910. The Hall–Kier alpha value is -3.03. The number of hydrogen-bond acceptors (Lipinski definition) is 4. The zero-order valence-electron chi connectivity index (χ0n) is 18.3. The van der Waals surface area contributed by atoms with Crippen molar-refractivity contribution in [2.45, 2.75) is 44.9 Å². The normalized spacial score (nSPS) is 20.5. The topological polar surface area (TPSA) is 86.4 Å². The van der Waals surface area contributed by atoms with Gasteiger partial charge in [-0.1, -0.05) is 25.0 Å². The molecule has 1 aliphatic carbocycles. The Morgan fingerprint density at radius 3 is 2.59 bits per heavy atom. The van der Waals surface area contributed by atoms with Gasteiger partial charge in [0.2, 0.25) is 17.7 Å². The molecule has 1 N–H and O–H groups in total. The smallest absolute Gasteiger partial charge is 0.233 e. The molecule has 2 fully saturated rings. The summed E-state index contributed by atoms with van der Waals surface area (Å²) in [7, 11) is 1.74. The number of nitrogens with zero attached hydrogens (tertiary/aromatic N) is 3. The zero-order chi connectivity index (χ0) is 22.7. The summed E-state index contributed by atoms with van der Waals surface area (Å²) in [6, 6.07) is 8.18. The Labute approximate surface area is 187 Å². The molecule has 2 aliphatic rings. The van der Waals surface area contributed by atoms with Crippen LogP contribution in [0.4, 0.5) is 4.39 Å². The van der Waals surface area contributed by atoms with Gasteiger partial charge in [0.05, 0.1) is 17.5 Å². The van der Waals surface area contributed by atoms with Crippen molar-refractivity contribution in [3.05, 3.63) is 41.8 Å². The average molecular weight is 441 g/mol. The fourth-order valence-corrected chi connectivity index (χ4v) is 4.77. The quantitative estimate of drug-likeness (QED) is 0.639. The van der Waals surface area contributed by atoms with Gasteiger partial charge in [0.15, 0.2) is 0 Å². The van der Waals surface area contributed by atoms with Crippen molar-refractivity contribution in [2.75, 3.05) is 20.1 Å². The van der Waals surface area contributed by atoms with Gasteiger partial charge in [0.1, 0.15) is 5.82 Å². The Balaban J connectivity index is 1.22. The largest absolute Gasteiger partial charge is 0.346 e. The first-order chi connectivity index (χ1) is 15.4. The van der Waals surface area contributed by atoms with Crippen LogP contribution in [-0.2, 0) is 20.8 Å². The molecule has 0 radical (unpaired) electrons. The van der Waals surface area contributed by atoms with Crippen LogP contribution in [0.1, 0.15) is 44.2 Å². The minimum atomic E-state index is -0.303. The molecule has 2 atom stereocenters. The summed E-state index contributed by atoms with van der Waals surface area (Å²) < 4.78 is 13.4. The minimum absolute atomic E-state index is 0.0782. The fourth-order valence-electron chi connectivity index (χ4n) is 4.77. The zero-order valence-corrected chi connectivity index (χ0v) is 18.3. The second kappa shape index (κ2) is 9.63. The van der Waals surface area contributed by atoms with E-state index in [0.717, 1.165) is 37.8 Å². The monoisotopic (exact) mass is 440 g/mol. The number of benzene rings is 1. The van der Waals surface area contributed by atoms with Gasteiger partial charge in [-0.05, 0) is 43.9 Å². The van der Waals surface area contributed by atoms with Crippen molar-refractivity contribution >= 4 is 17.7 Å². The Morgan fingerprint density at radius 1 is 1.19 bits per heavy atom. The number of fused-ring (bicyclic) bond motifs is 1. The van der Waals surface area contributed by atoms with Crippen molar-refractivity contribution in [3.63, 3.8) is 0 Å². The third kappa shape index (κ3) is 4.74. The number of H-pyrrole nitrogens is 1. The first-order valence-corrected chi connectivity index (χ1v) is 11.3. The second-order valence-electron chi connectivity index (χ2n) is 8.78. The SMILES string of the molecule is CN(CCCc1cc(-c2cccc(F)c2)n[nH]1)C(=O)CCN1C(=O)C2CCCCC2C1=O. The lowest BCUT2D eigenvalue weighted by molar-refractivity contribution is -0.140. The Kier molecular flexibility index (Phi) is 6.67. The van der Waals surface area contributed by atoms with E-state index in [-0.39, 0.29) is 48.3 Å². The molecule has 1 aromatic heterocycles. The lowest BCUT2D eigenvalue weighted by Crippen LogP contribution is -2.36. The molecule has 0 bridgehead atoms. The number of aromatic nitrogens is 2. The standard InChI is InChI=1S/C24H29FN4O3/c1-28(12-5-8-18-15-21(27-26-18)16-6-4-7-17(25)14-16)22(30)11-13-29-23(31)19-9-2-3-10-20(19)24(29)32/h4,6-7,14-15,19-20H,2-3,5,8-13H2,1H3,(H,26,27). The highest BCUT2D eigenvalue weighted by Crippen LogP contribution is 2.38. The van der Waals surface area contributed by atoms with Crippen molar-refractivity contribution < 1.29 is 18.8 Å². The van der Waals surface area contributed by atoms with Crippen LogP contribution in [0.2, 0.25) is 0 Å². The van der Waals surface area contributed by atoms with Crippen molar-refractivity contribution in [2.24, 2.45) is 11.8 Å². The van der Waals surface area contributed by atoms with E-state index in [1.54, 1.807) is 24.1 Å². The lowest BCUT2D eigenvalue weighted by Gasteiger charge is -2.19. The first-order valence-electron chi connectivity index (χ1n) is 11.3. The van der Waals surface area contributed by atoms with E-state index in [1.165, 1.54) is 17.0 Å². The summed E-state index contributed by atoms with van der Waals surface area (Å²) in [6.07, 6.45) is 5.15. The number of hydrogen-bond donors (Lipinski definition) is 1. The number of aromatic amines is 1. The molecule has 2 unspecified atom stereocenters. The van der Waals surface area contributed by atoms with Gasteiger partial charge in [0, 0.05) is 37.8 Å². The highest BCUT2D eigenvalue weighted by molar-refractivity contribution is 6.05. The third-order valence-electron chi connectivity index (χ3n) is 6.60. The van der Waals surface area contributed by atoms with Gasteiger partial charge >= 0.3 is 0 Å². The van der Waals surface area contributed by atoms with E-state index in [4.69, 9.17) is 0 Å². The van der Waals surface area contributed by atoms with Crippen molar-refractivity contribution in [3.8, 4) is 11.3 Å². The number of rotatable bonds is 8. The van der Waals surface area contributed by atoms with E-state index in [0.29, 0.717) is 24.2 Å². The summed E-state index contributed by atoms with van der Waals surface area (Å²) in [6.45, 7) is 0.728. The van der Waals surface area contributed by atoms with E-state index >= 15 is 0 Å². The fraction of sp³-hybridized carbons (Fsp3) is 0.500. The molecule has 170 valence electrons. The number of nitrogens with one attached hydrogen (secondary N) is 1. The summed E-state index contributed by atoms with van der Waals surface area (Å²) >= 11 is 0. The van der Waals surface area contributed by atoms with E-state index in [2.05, 4.69) is 10.2 Å². The van der Waals surface area contributed by atoms with Gasteiger partial charge in [-0.3, -0.25) is 24.4 Å². The molecule has 0 spiro atoms. The van der Waals surface area contributed by atoms with Gasteiger partial charge < -0.3 is 4.90 Å². The number of amides is 3. The van der Waals surface area contributed by atoms with Crippen LogP contribution in [0.5, 0.6) is 0 Å². The molecule has 7 nitrogen and oxygen atoms in total. The highest BCUT2D eigenvalue weighted by Gasteiger charge is 2.47. The average Bonchev–Trinajstić information content (AvgIpc) is 3.36. The molecule has 4 rings (SSSR count). The van der Waals surface area contributed by atoms with Crippen LogP contribution in [0.25, 0.3) is 11.3 Å². The van der Waals surface area contributed by atoms with Gasteiger partial charge in [-0.2, -0.15) is 5.10 Å². The number of likely N-dealkylation sites (tertiary alicyclic amines) is 1. The molecule has 32 heavy (non-hydrogen) atoms. The van der Waals surface area contributed by atoms with Gasteiger partial charge in [-0.25, -0.2) is 4.39 Å². The van der Waals surface area contributed by atoms with E-state index in [1.807, 2.05) is 6.07 Å². The van der Waals surface area contributed by atoms with Gasteiger partial charge in [-0.15, -0.1) is 0 Å². The minimum Gasteiger partial charge on any atom is -0.346 e. The lowest BCUT2D eigenvalue weighted by atomic mass is 9.81. The molecule has 2 aromatic rings. The van der Waals surface area contributed by atoms with Crippen LogP contribution < -0.4 is 0 Å². The summed E-state index contributed by atoms with van der Waals surface area (Å²) in [4.78, 5) is 40.5. The van der Waals surface area contributed by atoms with Crippen LogP contribution >= 0.6 is 0 Å². The van der Waals surface area contributed by atoms with Crippen LogP contribution in [0.15, 0.2) is 30.3 Å². The molecular weight excluding hydrogens is 411 g/mol. The molecule has 1 aliphatic heterocycles. The number of halogens is 1. The maximum Gasteiger partial charge on any atom is 0.233 e. The van der Waals surface area contributed by atoms with E-state index in [9.17, 15) is 18.8 Å². The molecule has 3 amide bonds. The predicted molar refractivity (Wildman–Crippen MR) is 117 cm³/mol. The maximum absolute atomic E-state index is 13.4. The van der Waals surface area contributed by atoms with Crippen molar-refractivity contribution in [1.82, 2.24) is 20.0 Å². The highest BCUT2D eigenvalue weighted by atomic mass is 19.1. The number of imide groups is 1. The maximum atomic E-state index is 13.4. The molecule has 1 aromatic carbocycles. The van der Waals surface area contributed by atoms with Crippen LogP contribution in [0.3, 0.4) is 0 Å². The Bertz CT molecular complexity index is 981. The summed E-state index contributed by atoms with van der Waals surface area (Å²) in [5, 5.41) is 7.20. The molecule has 1 saturated heterocycles. The molecule has 2 heterocycles. The number of aryl methyl sites for hydroxylation is 1. The number of carbonyl (C=O) groups excluding carboxylic acids is 3. The molecular formula is C24H29FN4O3.